The van der Waals surface area contributed by atoms with E-state index in [0.29, 0.717) is 19.8 Å². The van der Waals surface area contributed by atoms with Crippen molar-refractivity contribution >= 4 is 23.7 Å². The van der Waals surface area contributed by atoms with Crippen molar-refractivity contribution in [2.45, 2.75) is 26.7 Å². The number of ether oxygens (including phenoxy) is 2. The average molecular weight is 358 g/mol. The third-order valence-corrected chi connectivity index (χ3v) is 4.02. The first-order valence-electron chi connectivity index (χ1n) is 8.33. The number of carboxylic acid groups (broad SMARTS) is 1. The molecule has 0 aromatic rings. The first-order chi connectivity index (χ1) is 11.8. The van der Waals surface area contributed by atoms with Crippen LogP contribution in [0.1, 0.15) is 26.7 Å². The third-order valence-electron chi connectivity index (χ3n) is 4.02. The van der Waals surface area contributed by atoms with Crippen LogP contribution in [0, 0.1) is 11.8 Å². The normalized spacial score (nSPS) is 20.2. The molecule has 9 nitrogen and oxygen atoms in total. The Labute approximate surface area is 146 Å². The number of carbonyl (C=O) groups is 4. The second-order valence-electron chi connectivity index (χ2n) is 5.87. The Hall–Kier alpha value is -2.00. The van der Waals surface area contributed by atoms with Gasteiger partial charge in [-0.3, -0.25) is 24.1 Å². The minimum Gasteiger partial charge on any atom is -0.481 e. The van der Waals surface area contributed by atoms with Gasteiger partial charge in [-0.1, -0.05) is 13.8 Å². The lowest BCUT2D eigenvalue weighted by atomic mass is 10.00. The molecular formula is C16H26N2O7. The highest BCUT2D eigenvalue weighted by Crippen LogP contribution is 2.25. The summed E-state index contributed by atoms with van der Waals surface area (Å²) in [6, 6.07) is 0. The lowest BCUT2D eigenvalue weighted by Crippen LogP contribution is -2.36. The summed E-state index contributed by atoms with van der Waals surface area (Å²) in [5, 5.41) is 11.1. The van der Waals surface area contributed by atoms with E-state index in [0.717, 1.165) is 4.90 Å². The smallest absolute Gasteiger partial charge is 0.305 e. The quantitative estimate of drug-likeness (QED) is 0.361. The zero-order valence-corrected chi connectivity index (χ0v) is 14.7. The van der Waals surface area contributed by atoms with Crippen molar-refractivity contribution < 1.29 is 33.8 Å². The fourth-order valence-electron chi connectivity index (χ4n) is 2.29. The SMILES string of the molecule is CC1C(=O)N(CCC(=O)NCCOCCOCCC(=O)O)C(=O)C1C. The van der Waals surface area contributed by atoms with Gasteiger partial charge < -0.3 is 19.9 Å². The molecule has 0 radical (unpaired) electrons. The van der Waals surface area contributed by atoms with Gasteiger partial charge in [-0.2, -0.15) is 0 Å². The Bertz CT molecular complexity index is 475. The lowest BCUT2D eigenvalue weighted by molar-refractivity contribution is -0.140. The number of imide groups is 1. The summed E-state index contributed by atoms with van der Waals surface area (Å²) in [5.74, 6) is -2.28. The maximum atomic E-state index is 11.9. The van der Waals surface area contributed by atoms with E-state index in [2.05, 4.69) is 5.32 Å². The summed E-state index contributed by atoms with van der Waals surface area (Å²) < 4.78 is 10.3. The van der Waals surface area contributed by atoms with Crippen LogP contribution in [-0.4, -0.2) is 73.2 Å². The molecule has 0 saturated carbocycles. The molecule has 3 amide bonds. The number of likely N-dealkylation sites (tertiary alicyclic amines) is 1. The topological polar surface area (TPSA) is 122 Å². The molecule has 142 valence electrons. The van der Waals surface area contributed by atoms with Gasteiger partial charge in [0.1, 0.15) is 0 Å². The van der Waals surface area contributed by atoms with Gasteiger partial charge in [0.2, 0.25) is 17.7 Å². The summed E-state index contributed by atoms with van der Waals surface area (Å²) >= 11 is 0. The van der Waals surface area contributed by atoms with Crippen molar-refractivity contribution in [3.8, 4) is 0 Å². The molecule has 0 spiro atoms. The van der Waals surface area contributed by atoms with Crippen LogP contribution in [-0.2, 0) is 28.7 Å². The molecule has 1 aliphatic heterocycles. The van der Waals surface area contributed by atoms with Crippen LogP contribution in [0.3, 0.4) is 0 Å². The standard InChI is InChI=1S/C16H26N2O7/c1-11-12(2)16(23)18(15(11)22)6-3-13(19)17-5-8-25-10-9-24-7-4-14(20)21/h11-12H,3-10H2,1-2H3,(H,17,19)(H,20,21). The van der Waals surface area contributed by atoms with Crippen molar-refractivity contribution in [1.29, 1.82) is 0 Å². The first kappa shape index (κ1) is 21.0. The molecule has 0 aromatic heterocycles. The molecule has 0 aliphatic carbocycles. The number of carbonyl (C=O) groups excluding carboxylic acids is 3. The number of carboxylic acids is 1. The fraction of sp³-hybridized carbons (Fsp3) is 0.750. The van der Waals surface area contributed by atoms with E-state index >= 15 is 0 Å². The van der Waals surface area contributed by atoms with E-state index in [1.807, 2.05) is 0 Å². The third kappa shape index (κ3) is 7.18. The number of amides is 3. The molecule has 2 atom stereocenters. The van der Waals surface area contributed by atoms with Crippen molar-refractivity contribution in [1.82, 2.24) is 10.2 Å². The number of nitrogens with one attached hydrogen (secondary N) is 1. The van der Waals surface area contributed by atoms with Gasteiger partial charge in [0, 0.05) is 31.3 Å². The highest BCUT2D eigenvalue weighted by molar-refractivity contribution is 6.04. The van der Waals surface area contributed by atoms with Gasteiger partial charge in [-0.25, -0.2) is 0 Å². The molecule has 1 aliphatic rings. The van der Waals surface area contributed by atoms with E-state index in [1.54, 1.807) is 13.8 Å². The predicted molar refractivity (Wildman–Crippen MR) is 86.6 cm³/mol. The van der Waals surface area contributed by atoms with Gasteiger partial charge in [0.25, 0.3) is 0 Å². The molecule has 9 heteroatoms. The Morgan fingerprint density at radius 3 is 2.12 bits per heavy atom. The van der Waals surface area contributed by atoms with Gasteiger partial charge in [0.15, 0.2) is 0 Å². The van der Waals surface area contributed by atoms with E-state index in [1.165, 1.54) is 0 Å². The summed E-state index contributed by atoms with van der Waals surface area (Å²) in [4.78, 5) is 46.9. The molecule has 0 aromatic carbocycles. The molecule has 1 saturated heterocycles. The molecule has 25 heavy (non-hydrogen) atoms. The fourth-order valence-corrected chi connectivity index (χ4v) is 2.29. The zero-order chi connectivity index (χ0) is 18.8. The first-order valence-corrected chi connectivity index (χ1v) is 8.33. The molecule has 1 rings (SSSR count). The van der Waals surface area contributed by atoms with Crippen molar-refractivity contribution in [2.24, 2.45) is 11.8 Å². The minimum atomic E-state index is -0.912. The van der Waals surface area contributed by atoms with E-state index in [-0.39, 0.29) is 62.2 Å². The van der Waals surface area contributed by atoms with Crippen LogP contribution in [0.15, 0.2) is 0 Å². The minimum absolute atomic E-state index is 0.0460. The summed E-state index contributed by atoms with van der Waals surface area (Å²) in [6.45, 7) is 4.86. The number of rotatable bonds is 12. The zero-order valence-electron chi connectivity index (χ0n) is 14.7. The molecule has 1 heterocycles. The van der Waals surface area contributed by atoms with Crippen molar-refractivity contribution in [2.75, 3.05) is 39.5 Å². The Kier molecular flexibility index (Phi) is 9.07. The largest absolute Gasteiger partial charge is 0.481 e. The van der Waals surface area contributed by atoms with Crippen molar-refractivity contribution in [3.05, 3.63) is 0 Å². The van der Waals surface area contributed by atoms with Gasteiger partial charge >= 0.3 is 5.97 Å². The van der Waals surface area contributed by atoms with E-state index in [9.17, 15) is 19.2 Å². The van der Waals surface area contributed by atoms with Crippen LogP contribution >= 0.6 is 0 Å². The maximum Gasteiger partial charge on any atom is 0.305 e. The Morgan fingerprint density at radius 1 is 1.00 bits per heavy atom. The van der Waals surface area contributed by atoms with Crippen LogP contribution in [0.5, 0.6) is 0 Å². The van der Waals surface area contributed by atoms with Crippen LogP contribution in [0.2, 0.25) is 0 Å². The average Bonchev–Trinajstić information content (AvgIpc) is 2.75. The molecule has 2 N–H and O–H groups in total. The predicted octanol–water partition coefficient (Wildman–Crippen LogP) is -0.358. The molecule has 1 fully saturated rings. The van der Waals surface area contributed by atoms with E-state index in [4.69, 9.17) is 14.6 Å². The lowest BCUT2D eigenvalue weighted by Gasteiger charge is -2.14. The Balaban J connectivity index is 2.04. The highest BCUT2D eigenvalue weighted by atomic mass is 16.5. The summed E-state index contributed by atoms with van der Waals surface area (Å²) in [5.41, 5.74) is 0. The van der Waals surface area contributed by atoms with Crippen molar-refractivity contribution in [3.63, 3.8) is 0 Å². The Morgan fingerprint density at radius 2 is 1.56 bits per heavy atom. The molecule has 0 bridgehead atoms. The van der Waals surface area contributed by atoms with Gasteiger partial charge in [0.05, 0.1) is 32.8 Å². The number of nitrogens with zero attached hydrogens (tertiary/aromatic N) is 1. The second kappa shape index (κ2) is 10.8. The number of hydrogen-bond donors (Lipinski definition) is 2. The molecular weight excluding hydrogens is 332 g/mol. The molecule has 2 unspecified atom stereocenters. The summed E-state index contributed by atoms with van der Waals surface area (Å²) in [7, 11) is 0. The summed E-state index contributed by atoms with van der Waals surface area (Å²) in [6.07, 6.45) is 0.0187. The maximum absolute atomic E-state index is 11.9. The number of aliphatic carboxylic acids is 1. The van der Waals surface area contributed by atoms with Crippen LogP contribution in [0.4, 0.5) is 0 Å². The number of hydrogen-bond acceptors (Lipinski definition) is 6. The van der Waals surface area contributed by atoms with Crippen LogP contribution in [0.25, 0.3) is 0 Å². The highest BCUT2D eigenvalue weighted by Gasteiger charge is 2.41. The van der Waals surface area contributed by atoms with Crippen LogP contribution < -0.4 is 5.32 Å². The van der Waals surface area contributed by atoms with E-state index < -0.39 is 5.97 Å². The van der Waals surface area contributed by atoms with Gasteiger partial charge in [-0.15, -0.1) is 0 Å². The second-order valence-corrected chi connectivity index (χ2v) is 5.87. The monoisotopic (exact) mass is 358 g/mol. The van der Waals surface area contributed by atoms with Gasteiger partial charge in [-0.05, 0) is 0 Å².